The highest BCUT2D eigenvalue weighted by Gasteiger charge is 2.53. The second-order valence-corrected chi connectivity index (χ2v) is 7.74. The van der Waals surface area contributed by atoms with Crippen molar-refractivity contribution in [2.24, 2.45) is 0 Å². The Labute approximate surface area is 155 Å². The normalized spacial score (nSPS) is 32.2. The number of nitrogens with one attached hydrogen (secondary N) is 1. The summed E-state index contributed by atoms with van der Waals surface area (Å²) in [7, 11) is 0. The highest BCUT2D eigenvalue weighted by molar-refractivity contribution is 9.07. The first kappa shape index (κ1) is 15.7. The maximum atomic E-state index is 6.17. The zero-order valence-corrected chi connectivity index (χ0v) is 15.6. The fourth-order valence-electron chi connectivity index (χ4n) is 4.19. The summed E-state index contributed by atoms with van der Waals surface area (Å²) in [6, 6.07) is 15.0. The number of benzene rings is 1. The molecule has 3 unspecified atom stereocenters. The molecule has 2 saturated heterocycles. The van der Waals surface area contributed by atoms with Gasteiger partial charge >= 0.3 is 0 Å². The van der Waals surface area contributed by atoms with Gasteiger partial charge in [0.1, 0.15) is 6.23 Å². The minimum absolute atomic E-state index is 0.0111. The van der Waals surface area contributed by atoms with E-state index in [4.69, 9.17) is 9.72 Å². The number of aromatic nitrogens is 1. The van der Waals surface area contributed by atoms with Crippen LogP contribution in [0.4, 0.5) is 5.69 Å². The Balaban J connectivity index is 1.74. The molecule has 1 N–H and O–H groups in total. The molecule has 3 atom stereocenters. The van der Waals surface area contributed by atoms with Crippen molar-refractivity contribution in [3.05, 3.63) is 59.9 Å². The van der Waals surface area contributed by atoms with Crippen molar-refractivity contribution in [2.75, 3.05) is 24.7 Å². The molecule has 3 aliphatic heterocycles. The van der Waals surface area contributed by atoms with E-state index in [0.29, 0.717) is 12.7 Å². The van der Waals surface area contributed by atoms with E-state index in [1.807, 2.05) is 22.4 Å². The Morgan fingerprint density at radius 2 is 2.08 bits per heavy atom. The molecular formula is C18H20BrN5O. The Kier molecular flexibility index (Phi) is 3.62. The topological polar surface area (TPSA) is 43.9 Å². The Bertz CT molecular complexity index is 790. The monoisotopic (exact) mass is 401 g/mol. The van der Waals surface area contributed by atoms with E-state index in [1.54, 1.807) is 0 Å². The molecular weight excluding hydrogens is 382 g/mol. The fourth-order valence-corrected chi connectivity index (χ4v) is 4.71. The smallest absolute Gasteiger partial charge is 0.162 e. The molecule has 2 aromatic rings. The van der Waals surface area contributed by atoms with Crippen LogP contribution in [0.3, 0.4) is 0 Å². The molecule has 0 amide bonds. The minimum atomic E-state index is -0.447. The van der Waals surface area contributed by atoms with E-state index >= 15 is 0 Å². The molecule has 0 aliphatic carbocycles. The van der Waals surface area contributed by atoms with Gasteiger partial charge in [-0.1, -0.05) is 24.3 Å². The average Bonchev–Trinajstić information content (AvgIpc) is 3.14. The number of halogens is 1. The highest BCUT2D eigenvalue weighted by Crippen LogP contribution is 2.47. The maximum absolute atomic E-state index is 6.17. The van der Waals surface area contributed by atoms with Gasteiger partial charge in [-0.3, -0.25) is 9.88 Å². The van der Waals surface area contributed by atoms with Gasteiger partial charge in [-0.2, -0.15) is 4.03 Å². The first-order valence-corrected chi connectivity index (χ1v) is 9.26. The Morgan fingerprint density at radius 1 is 1.24 bits per heavy atom. The van der Waals surface area contributed by atoms with Gasteiger partial charge in [0, 0.05) is 46.2 Å². The lowest BCUT2D eigenvalue weighted by atomic mass is 10.0. The standard InChI is InChI=1S/C18H20BrN5O/c1-13-10-25-17-14-6-2-3-7-15(14)23-12-24(19)21-18(23,11-22(13)17)16-8-4-5-9-20-16/h2-9,13,17,21H,10-12H2,1H3. The summed E-state index contributed by atoms with van der Waals surface area (Å²) in [6.07, 6.45) is 1.85. The second kappa shape index (κ2) is 5.75. The number of hydrogen-bond acceptors (Lipinski definition) is 6. The zero-order valence-electron chi connectivity index (χ0n) is 14.0. The van der Waals surface area contributed by atoms with Crippen LogP contribution in [0.1, 0.15) is 24.4 Å². The number of fused-ring (bicyclic) bond motifs is 5. The molecule has 7 heteroatoms. The summed E-state index contributed by atoms with van der Waals surface area (Å²) >= 11 is 3.63. The van der Waals surface area contributed by atoms with E-state index in [0.717, 1.165) is 18.8 Å². The Morgan fingerprint density at radius 3 is 2.92 bits per heavy atom. The van der Waals surface area contributed by atoms with Gasteiger partial charge in [0.15, 0.2) is 5.66 Å². The molecule has 5 rings (SSSR count). The molecule has 0 spiro atoms. The van der Waals surface area contributed by atoms with Crippen molar-refractivity contribution in [2.45, 2.75) is 24.9 Å². The maximum Gasteiger partial charge on any atom is 0.162 e. The summed E-state index contributed by atoms with van der Waals surface area (Å²) in [6.45, 7) is 4.47. The fraction of sp³-hybridized carbons (Fsp3) is 0.389. The molecule has 2 fully saturated rings. The van der Waals surface area contributed by atoms with Crippen LogP contribution in [0.25, 0.3) is 0 Å². The van der Waals surface area contributed by atoms with E-state index in [1.165, 1.54) is 11.3 Å². The van der Waals surface area contributed by atoms with Crippen LogP contribution < -0.4 is 10.3 Å². The lowest BCUT2D eigenvalue weighted by molar-refractivity contribution is 0.0183. The highest BCUT2D eigenvalue weighted by atomic mass is 79.9. The van der Waals surface area contributed by atoms with Gasteiger partial charge in [-0.25, -0.2) is 5.43 Å². The first-order chi connectivity index (χ1) is 12.2. The summed E-state index contributed by atoms with van der Waals surface area (Å²) in [5.41, 5.74) is 6.58. The first-order valence-electron chi connectivity index (χ1n) is 8.55. The lowest BCUT2D eigenvalue weighted by Crippen LogP contribution is -2.56. The van der Waals surface area contributed by atoms with Crippen LogP contribution in [-0.2, 0) is 10.4 Å². The summed E-state index contributed by atoms with van der Waals surface area (Å²) in [5.74, 6) is 0. The number of para-hydroxylation sites is 1. The molecule has 130 valence electrons. The van der Waals surface area contributed by atoms with E-state index in [-0.39, 0.29) is 6.23 Å². The Hall–Kier alpha value is -1.51. The van der Waals surface area contributed by atoms with Crippen LogP contribution >= 0.6 is 16.1 Å². The van der Waals surface area contributed by atoms with Gasteiger partial charge in [0.25, 0.3) is 0 Å². The predicted octanol–water partition coefficient (Wildman–Crippen LogP) is 2.56. The molecule has 1 aromatic heterocycles. The lowest BCUT2D eigenvalue weighted by Gasteiger charge is -2.39. The van der Waals surface area contributed by atoms with E-state index < -0.39 is 5.66 Å². The van der Waals surface area contributed by atoms with Gasteiger partial charge in [-0.15, -0.1) is 0 Å². The van der Waals surface area contributed by atoms with Crippen LogP contribution in [-0.4, -0.2) is 39.8 Å². The quantitative estimate of drug-likeness (QED) is 0.740. The van der Waals surface area contributed by atoms with Gasteiger partial charge in [-0.05, 0) is 25.1 Å². The van der Waals surface area contributed by atoms with Gasteiger partial charge in [0.05, 0.1) is 19.0 Å². The second-order valence-electron chi connectivity index (χ2n) is 6.88. The van der Waals surface area contributed by atoms with E-state index in [2.05, 4.69) is 68.6 Å². The number of pyridine rings is 1. The molecule has 6 nitrogen and oxygen atoms in total. The van der Waals surface area contributed by atoms with Crippen molar-refractivity contribution < 1.29 is 4.74 Å². The summed E-state index contributed by atoms with van der Waals surface area (Å²) < 4.78 is 8.13. The van der Waals surface area contributed by atoms with Crippen molar-refractivity contribution in [1.82, 2.24) is 19.3 Å². The molecule has 25 heavy (non-hydrogen) atoms. The molecule has 0 bridgehead atoms. The van der Waals surface area contributed by atoms with Crippen LogP contribution in [0, 0.1) is 0 Å². The number of anilines is 1. The minimum Gasteiger partial charge on any atom is -0.357 e. The number of hydrazine groups is 1. The SMILES string of the molecule is CC1COC2c3ccccc3N3CN(Br)NC3(c3ccccn3)CN12. The molecule has 1 aromatic carbocycles. The average molecular weight is 402 g/mol. The van der Waals surface area contributed by atoms with Crippen LogP contribution in [0.2, 0.25) is 0 Å². The number of hydrogen-bond donors (Lipinski definition) is 1. The number of nitrogens with zero attached hydrogens (tertiary/aromatic N) is 4. The molecule has 0 saturated carbocycles. The van der Waals surface area contributed by atoms with E-state index in [9.17, 15) is 0 Å². The van der Waals surface area contributed by atoms with Crippen molar-refractivity contribution >= 4 is 21.8 Å². The predicted molar refractivity (Wildman–Crippen MR) is 98.5 cm³/mol. The van der Waals surface area contributed by atoms with Crippen LogP contribution in [0.15, 0.2) is 48.7 Å². The molecule has 3 aliphatic rings. The number of rotatable bonds is 1. The zero-order chi connectivity index (χ0) is 17.0. The summed E-state index contributed by atoms with van der Waals surface area (Å²) in [4.78, 5) is 9.52. The third kappa shape index (κ3) is 2.27. The third-order valence-electron chi connectivity index (χ3n) is 5.39. The van der Waals surface area contributed by atoms with Crippen molar-refractivity contribution in [3.63, 3.8) is 0 Å². The number of ether oxygens (including phenoxy) is 1. The third-order valence-corrected chi connectivity index (χ3v) is 5.79. The van der Waals surface area contributed by atoms with Gasteiger partial charge < -0.3 is 9.64 Å². The largest absolute Gasteiger partial charge is 0.357 e. The molecule has 4 heterocycles. The summed E-state index contributed by atoms with van der Waals surface area (Å²) in [5, 5.41) is 0. The van der Waals surface area contributed by atoms with Crippen molar-refractivity contribution in [1.29, 1.82) is 0 Å². The van der Waals surface area contributed by atoms with Gasteiger partial charge in [0.2, 0.25) is 0 Å². The van der Waals surface area contributed by atoms with Crippen molar-refractivity contribution in [3.8, 4) is 0 Å². The molecule has 0 radical (unpaired) electrons. The van der Waals surface area contributed by atoms with Crippen LogP contribution in [0.5, 0.6) is 0 Å².